The third-order valence-electron chi connectivity index (χ3n) is 6.39. The van der Waals surface area contributed by atoms with Crippen LogP contribution < -0.4 is 4.90 Å². The van der Waals surface area contributed by atoms with E-state index in [2.05, 4.69) is 37.8 Å². The predicted octanol–water partition coefficient (Wildman–Crippen LogP) is 4.99. The highest BCUT2D eigenvalue weighted by atomic mass is 19.3. The fourth-order valence-corrected chi connectivity index (χ4v) is 4.39. The van der Waals surface area contributed by atoms with Crippen molar-refractivity contribution in [1.82, 2.24) is 9.88 Å². The highest BCUT2D eigenvalue weighted by Crippen LogP contribution is 2.37. The molecule has 0 radical (unpaired) electrons. The molecule has 1 amide bonds. The number of carbonyl (C=O) groups excluding carboxylic acids is 1. The molecule has 2 aliphatic rings. The topological polar surface area (TPSA) is 49.6 Å². The number of alkyl halides is 2. The number of carbonyl (C=O) groups is 1. The fraction of sp³-hybridized carbons (Fsp3) is 0.652. The number of halogens is 2. The van der Waals surface area contributed by atoms with Crippen molar-refractivity contribution in [2.24, 2.45) is 5.92 Å². The lowest BCUT2D eigenvalue weighted by atomic mass is 9.86. The Hall–Kier alpha value is -2.18. The van der Waals surface area contributed by atoms with Gasteiger partial charge >= 0.3 is 0 Å². The van der Waals surface area contributed by atoms with Crippen molar-refractivity contribution in [3.05, 3.63) is 23.8 Å². The number of nitrogens with zero attached hydrogens (tertiary/aromatic N) is 3. The molecule has 0 unspecified atom stereocenters. The van der Waals surface area contributed by atoms with E-state index >= 15 is 0 Å². The first-order valence-corrected chi connectivity index (χ1v) is 10.9. The number of aromatic nitrogens is 1. The zero-order chi connectivity index (χ0) is 21.5. The Bertz CT molecular complexity index is 909. The molecule has 1 saturated carbocycles. The first-order valence-electron chi connectivity index (χ1n) is 10.9. The molecule has 2 aromatic rings. The molecule has 5 nitrogen and oxygen atoms in total. The first kappa shape index (κ1) is 21.1. The number of hydrogen-bond acceptors (Lipinski definition) is 4. The second-order valence-electron chi connectivity index (χ2n) is 9.73. The second-order valence-corrected chi connectivity index (χ2v) is 9.73. The highest BCUT2D eigenvalue weighted by Gasteiger charge is 2.39. The largest absolute Gasteiger partial charge is 0.423 e. The van der Waals surface area contributed by atoms with Crippen molar-refractivity contribution in [2.75, 3.05) is 31.1 Å². The summed E-state index contributed by atoms with van der Waals surface area (Å²) in [6, 6.07) is 6.71. The minimum absolute atomic E-state index is 0.0275. The van der Waals surface area contributed by atoms with E-state index < -0.39 is 5.92 Å². The van der Waals surface area contributed by atoms with E-state index in [4.69, 9.17) is 9.40 Å². The summed E-state index contributed by atoms with van der Waals surface area (Å²) in [6.07, 6.45) is 1.02. The van der Waals surface area contributed by atoms with Gasteiger partial charge in [-0.1, -0.05) is 26.8 Å². The third kappa shape index (κ3) is 4.44. The summed E-state index contributed by atoms with van der Waals surface area (Å²) in [5.41, 5.74) is 2.86. The second kappa shape index (κ2) is 7.82. The van der Waals surface area contributed by atoms with Gasteiger partial charge in [0, 0.05) is 44.9 Å². The van der Waals surface area contributed by atoms with Gasteiger partial charge in [0.2, 0.25) is 11.8 Å². The van der Waals surface area contributed by atoms with Gasteiger partial charge in [-0.05, 0) is 42.4 Å². The lowest BCUT2D eigenvalue weighted by Crippen LogP contribution is -2.41. The molecule has 1 aromatic carbocycles. The number of hydrogen-bond donors (Lipinski definition) is 0. The third-order valence-corrected chi connectivity index (χ3v) is 6.39. The van der Waals surface area contributed by atoms with Crippen molar-refractivity contribution in [3.63, 3.8) is 0 Å². The lowest BCUT2D eigenvalue weighted by molar-refractivity contribution is -0.139. The summed E-state index contributed by atoms with van der Waals surface area (Å²) in [5.74, 6) is -2.84. The highest BCUT2D eigenvalue weighted by molar-refractivity contribution is 5.79. The number of benzene rings is 1. The van der Waals surface area contributed by atoms with Crippen LogP contribution in [-0.4, -0.2) is 47.9 Å². The molecule has 2 fully saturated rings. The molecule has 0 spiro atoms. The average Bonchev–Trinajstić information content (AvgIpc) is 2.95. The first-order chi connectivity index (χ1) is 14.1. The van der Waals surface area contributed by atoms with Crippen LogP contribution in [0, 0.1) is 5.92 Å². The van der Waals surface area contributed by atoms with Crippen LogP contribution in [0.15, 0.2) is 22.6 Å². The van der Waals surface area contributed by atoms with Crippen LogP contribution >= 0.6 is 0 Å². The maximum atomic E-state index is 13.4. The Morgan fingerprint density at radius 1 is 1.13 bits per heavy atom. The smallest absolute Gasteiger partial charge is 0.298 e. The Morgan fingerprint density at radius 2 is 1.87 bits per heavy atom. The van der Waals surface area contributed by atoms with Gasteiger partial charge in [-0.25, -0.2) is 8.78 Å². The minimum atomic E-state index is -2.60. The summed E-state index contributed by atoms with van der Waals surface area (Å²) in [7, 11) is 0. The molecule has 30 heavy (non-hydrogen) atoms. The van der Waals surface area contributed by atoms with E-state index in [1.807, 2.05) is 11.0 Å². The molecule has 7 heteroatoms. The van der Waals surface area contributed by atoms with E-state index in [9.17, 15) is 13.6 Å². The Labute approximate surface area is 176 Å². The van der Waals surface area contributed by atoms with Crippen LogP contribution in [0.25, 0.3) is 11.1 Å². The Balaban J connectivity index is 1.42. The van der Waals surface area contributed by atoms with Crippen molar-refractivity contribution in [1.29, 1.82) is 0 Å². The summed E-state index contributed by atoms with van der Waals surface area (Å²) in [4.78, 5) is 21.5. The minimum Gasteiger partial charge on any atom is -0.423 e. The molecule has 4 rings (SSSR count). The number of amides is 1. The summed E-state index contributed by atoms with van der Waals surface area (Å²) in [6.45, 7) is 9.11. The standard InChI is InChI=1S/C23H31F2N3O2/c1-22(2,3)17-5-6-19-18(15-17)26-21(30-19)28-12-4-11-27(13-14-28)20(29)16-7-9-23(24,25)10-8-16/h5-6,15-16H,4,7-14H2,1-3H3. The van der Waals surface area contributed by atoms with E-state index in [0.29, 0.717) is 25.6 Å². The van der Waals surface area contributed by atoms with Gasteiger partial charge in [-0.15, -0.1) is 0 Å². The molecule has 1 aliphatic heterocycles. The molecule has 1 saturated heterocycles. The summed E-state index contributed by atoms with van der Waals surface area (Å²) >= 11 is 0. The van der Waals surface area contributed by atoms with Crippen molar-refractivity contribution >= 4 is 23.0 Å². The normalized spacial score (nSPS) is 21.1. The molecule has 0 bridgehead atoms. The van der Waals surface area contributed by atoms with E-state index in [1.54, 1.807) is 0 Å². The van der Waals surface area contributed by atoms with Crippen molar-refractivity contribution in [2.45, 2.75) is 64.2 Å². The van der Waals surface area contributed by atoms with Gasteiger partial charge in [0.1, 0.15) is 5.52 Å². The van der Waals surface area contributed by atoms with Gasteiger partial charge in [0.15, 0.2) is 5.58 Å². The van der Waals surface area contributed by atoms with Gasteiger partial charge in [-0.2, -0.15) is 4.98 Å². The lowest BCUT2D eigenvalue weighted by Gasteiger charge is -2.31. The zero-order valence-electron chi connectivity index (χ0n) is 18.1. The van der Waals surface area contributed by atoms with Gasteiger partial charge in [0.05, 0.1) is 0 Å². The monoisotopic (exact) mass is 419 g/mol. The summed E-state index contributed by atoms with van der Waals surface area (Å²) in [5, 5.41) is 0. The molecule has 1 aromatic heterocycles. The number of rotatable bonds is 2. The van der Waals surface area contributed by atoms with Gasteiger partial charge in [-0.3, -0.25) is 4.79 Å². The van der Waals surface area contributed by atoms with Gasteiger partial charge in [0.25, 0.3) is 6.01 Å². The zero-order valence-corrected chi connectivity index (χ0v) is 18.1. The van der Waals surface area contributed by atoms with E-state index in [-0.39, 0.29) is 42.9 Å². The van der Waals surface area contributed by atoms with Crippen LogP contribution in [-0.2, 0) is 10.2 Å². The molecule has 2 heterocycles. The van der Waals surface area contributed by atoms with Crippen LogP contribution in [0.5, 0.6) is 0 Å². The Kier molecular flexibility index (Phi) is 5.49. The molecule has 1 aliphatic carbocycles. The maximum Gasteiger partial charge on any atom is 0.298 e. The predicted molar refractivity (Wildman–Crippen MR) is 113 cm³/mol. The molecule has 164 valence electrons. The van der Waals surface area contributed by atoms with Crippen molar-refractivity contribution in [3.8, 4) is 0 Å². The van der Waals surface area contributed by atoms with Crippen molar-refractivity contribution < 1.29 is 18.0 Å². The van der Waals surface area contributed by atoms with E-state index in [1.165, 1.54) is 5.56 Å². The molecule has 0 N–H and O–H groups in total. The average molecular weight is 420 g/mol. The van der Waals surface area contributed by atoms with Crippen LogP contribution in [0.1, 0.15) is 58.4 Å². The number of fused-ring (bicyclic) bond motifs is 1. The van der Waals surface area contributed by atoms with Crippen LogP contribution in [0.4, 0.5) is 14.8 Å². The Morgan fingerprint density at radius 3 is 2.57 bits per heavy atom. The fourth-order valence-electron chi connectivity index (χ4n) is 4.39. The van der Waals surface area contributed by atoms with Crippen LogP contribution in [0.3, 0.4) is 0 Å². The maximum absolute atomic E-state index is 13.4. The number of anilines is 1. The van der Waals surface area contributed by atoms with E-state index in [0.717, 1.165) is 24.1 Å². The number of oxazole rings is 1. The molecule has 0 atom stereocenters. The summed E-state index contributed by atoms with van der Waals surface area (Å²) < 4.78 is 32.8. The quantitative estimate of drug-likeness (QED) is 0.688. The molecular weight excluding hydrogens is 388 g/mol. The SMILES string of the molecule is CC(C)(C)c1ccc2oc(N3CCCN(C(=O)C4CCC(F)(F)CC4)CC3)nc2c1. The van der Waals surface area contributed by atoms with Gasteiger partial charge < -0.3 is 14.2 Å². The molecular formula is C23H31F2N3O2. The van der Waals surface area contributed by atoms with Crippen LogP contribution in [0.2, 0.25) is 0 Å².